The molecule has 0 aromatic heterocycles. The maximum absolute atomic E-state index is 12.3. The van der Waals surface area contributed by atoms with Gasteiger partial charge in [0.1, 0.15) is 0 Å². The first kappa shape index (κ1) is 13.5. The molecule has 0 atom stereocenters. The minimum atomic E-state index is -0.552. The molecule has 1 heterocycles. The molecule has 1 aliphatic rings. The number of carbonyl (C=O) groups is 2. The average molecular weight is 277 g/mol. The second-order valence-corrected chi connectivity index (χ2v) is 5.81. The summed E-state index contributed by atoms with van der Waals surface area (Å²) in [6.45, 7) is 5.47. The molecule has 0 radical (unpaired) electrons. The highest BCUT2D eigenvalue weighted by Gasteiger charge is 2.41. The number of nitrogens with zero attached hydrogens (tertiary/aromatic N) is 1. The van der Waals surface area contributed by atoms with Crippen LogP contribution in [0.5, 0.6) is 0 Å². The summed E-state index contributed by atoms with van der Waals surface area (Å²) >= 11 is 4.74. The van der Waals surface area contributed by atoms with E-state index >= 15 is 0 Å². The van der Waals surface area contributed by atoms with Crippen LogP contribution in [0.15, 0.2) is 18.2 Å². The lowest BCUT2D eigenvalue weighted by molar-refractivity contribution is 0.0508. The van der Waals surface area contributed by atoms with E-state index < -0.39 is 5.54 Å². The summed E-state index contributed by atoms with van der Waals surface area (Å²) < 4.78 is 0. The summed E-state index contributed by atoms with van der Waals surface area (Å²) in [5, 5.41) is 2.87. The van der Waals surface area contributed by atoms with Crippen LogP contribution in [-0.2, 0) is 0 Å². The number of thiocarbonyl (C=S) groups is 1. The lowest BCUT2D eigenvalue weighted by Crippen LogP contribution is -2.45. The molecule has 19 heavy (non-hydrogen) atoms. The molecule has 100 valence electrons. The number of carbonyl (C=O) groups excluding carboxylic acids is 2. The van der Waals surface area contributed by atoms with E-state index in [1.807, 2.05) is 20.8 Å². The smallest absolute Gasteiger partial charge is 0.262 e. The van der Waals surface area contributed by atoms with E-state index in [0.29, 0.717) is 16.8 Å². The van der Waals surface area contributed by atoms with Crippen molar-refractivity contribution in [3.05, 3.63) is 29.3 Å². The molecule has 1 aromatic carbocycles. The van der Waals surface area contributed by atoms with Crippen LogP contribution in [0.1, 0.15) is 41.5 Å². The van der Waals surface area contributed by atoms with Gasteiger partial charge in [0.2, 0.25) is 0 Å². The number of rotatable bonds is 1. The molecule has 2 amide bonds. The first-order valence-corrected chi connectivity index (χ1v) is 6.22. The van der Waals surface area contributed by atoms with Gasteiger partial charge in [-0.05, 0) is 51.2 Å². The summed E-state index contributed by atoms with van der Waals surface area (Å²) in [5.74, 6) is -0.562. The number of nitrogens with two attached hydrogens (primary N) is 1. The lowest BCUT2D eigenvalue weighted by atomic mass is 10.1. The lowest BCUT2D eigenvalue weighted by Gasteiger charge is -2.29. The Labute approximate surface area is 116 Å². The molecule has 1 aliphatic heterocycles. The second-order valence-electron chi connectivity index (χ2n) is 5.37. The number of fused-ring (bicyclic) bond motifs is 1. The van der Waals surface area contributed by atoms with Gasteiger partial charge in [0, 0.05) is 11.2 Å². The van der Waals surface area contributed by atoms with Gasteiger partial charge in [0.15, 0.2) is 5.11 Å². The Morgan fingerprint density at radius 1 is 1.21 bits per heavy atom. The Morgan fingerprint density at radius 3 is 2.32 bits per heavy atom. The number of imide groups is 1. The molecule has 2 rings (SSSR count). The van der Waals surface area contributed by atoms with Crippen molar-refractivity contribution < 1.29 is 9.59 Å². The number of benzene rings is 1. The van der Waals surface area contributed by atoms with Crippen molar-refractivity contribution in [1.82, 2.24) is 4.90 Å². The maximum Gasteiger partial charge on any atom is 0.262 e. The zero-order valence-electron chi connectivity index (χ0n) is 11.0. The molecular weight excluding hydrogens is 262 g/mol. The van der Waals surface area contributed by atoms with Crippen molar-refractivity contribution in [3.8, 4) is 0 Å². The molecule has 0 spiro atoms. The first-order chi connectivity index (χ1) is 8.71. The summed E-state index contributed by atoms with van der Waals surface area (Å²) in [6.07, 6.45) is 0. The van der Waals surface area contributed by atoms with Gasteiger partial charge in [0.25, 0.3) is 11.8 Å². The highest BCUT2D eigenvalue weighted by atomic mass is 32.1. The SMILES string of the molecule is CC(C)(C)N1C(=O)c2ccc(NC(N)=S)cc2C1=O. The van der Waals surface area contributed by atoms with E-state index in [2.05, 4.69) is 5.32 Å². The van der Waals surface area contributed by atoms with Gasteiger partial charge in [0.05, 0.1) is 11.1 Å². The molecule has 0 aliphatic carbocycles. The first-order valence-electron chi connectivity index (χ1n) is 5.81. The number of anilines is 1. The predicted molar refractivity (Wildman–Crippen MR) is 77.1 cm³/mol. The fraction of sp³-hybridized carbons (Fsp3) is 0.308. The van der Waals surface area contributed by atoms with Gasteiger partial charge in [-0.15, -0.1) is 0 Å². The molecular formula is C13H15N3O2S. The molecule has 5 nitrogen and oxygen atoms in total. The van der Waals surface area contributed by atoms with Crippen LogP contribution in [0, 0.1) is 0 Å². The summed E-state index contributed by atoms with van der Waals surface area (Å²) in [4.78, 5) is 25.8. The summed E-state index contributed by atoms with van der Waals surface area (Å²) in [7, 11) is 0. The number of hydrogen-bond donors (Lipinski definition) is 2. The van der Waals surface area contributed by atoms with Crippen LogP contribution >= 0.6 is 12.2 Å². The Kier molecular flexibility index (Phi) is 3.06. The standard InChI is InChI=1S/C13H15N3O2S/c1-13(2,3)16-10(17)8-5-4-7(15-12(14)19)6-9(8)11(16)18/h4-6H,1-3H3,(H3,14,15,19). The minimum Gasteiger partial charge on any atom is -0.376 e. The molecule has 0 saturated carbocycles. The van der Waals surface area contributed by atoms with Crippen molar-refractivity contribution in [3.63, 3.8) is 0 Å². The van der Waals surface area contributed by atoms with Gasteiger partial charge < -0.3 is 11.1 Å². The quantitative estimate of drug-likeness (QED) is 0.604. The number of amides is 2. The molecule has 0 bridgehead atoms. The number of nitrogens with one attached hydrogen (secondary N) is 1. The topological polar surface area (TPSA) is 75.4 Å². The normalized spacial score (nSPS) is 14.6. The summed E-state index contributed by atoms with van der Waals surface area (Å²) in [6, 6.07) is 4.89. The largest absolute Gasteiger partial charge is 0.376 e. The summed E-state index contributed by atoms with van der Waals surface area (Å²) in [5.41, 5.74) is 6.22. The van der Waals surface area contributed by atoms with Gasteiger partial charge >= 0.3 is 0 Å². The van der Waals surface area contributed by atoms with Crippen LogP contribution in [0.3, 0.4) is 0 Å². The monoisotopic (exact) mass is 277 g/mol. The average Bonchev–Trinajstić information content (AvgIpc) is 2.49. The second kappa shape index (κ2) is 4.31. The van der Waals surface area contributed by atoms with Gasteiger partial charge in [-0.2, -0.15) is 0 Å². The van der Waals surface area contributed by atoms with Crippen LogP contribution in [-0.4, -0.2) is 27.4 Å². The van der Waals surface area contributed by atoms with Crippen LogP contribution < -0.4 is 11.1 Å². The molecule has 1 aromatic rings. The molecule has 0 saturated heterocycles. The zero-order chi connectivity index (χ0) is 14.4. The predicted octanol–water partition coefficient (Wildman–Crippen LogP) is 1.74. The van der Waals surface area contributed by atoms with Crippen LogP contribution in [0.25, 0.3) is 0 Å². The van der Waals surface area contributed by atoms with E-state index in [9.17, 15) is 9.59 Å². The van der Waals surface area contributed by atoms with Crippen molar-refractivity contribution in [1.29, 1.82) is 0 Å². The number of hydrogen-bond acceptors (Lipinski definition) is 3. The van der Waals surface area contributed by atoms with E-state index in [-0.39, 0.29) is 16.9 Å². The van der Waals surface area contributed by atoms with Crippen LogP contribution in [0.4, 0.5) is 5.69 Å². The molecule has 6 heteroatoms. The third kappa shape index (κ3) is 2.31. The van der Waals surface area contributed by atoms with E-state index in [1.54, 1.807) is 18.2 Å². The molecule has 0 fully saturated rings. The van der Waals surface area contributed by atoms with Crippen LogP contribution in [0.2, 0.25) is 0 Å². The van der Waals surface area contributed by atoms with Crippen molar-refractivity contribution in [2.45, 2.75) is 26.3 Å². The highest BCUT2D eigenvalue weighted by molar-refractivity contribution is 7.80. The third-order valence-corrected chi connectivity index (χ3v) is 2.93. The van der Waals surface area contributed by atoms with E-state index in [1.165, 1.54) is 4.90 Å². The van der Waals surface area contributed by atoms with E-state index in [4.69, 9.17) is 18.0 Å². The van der Waals surface area contributed by atoms with E-state index in [0.717, 1.165) is 0 Å². The molecule has 0 unspecified atom stereocenters. The fourth-order valence-corrected chi connectivity index (χ4v) is 2.19. The van der Waals surface area contributed by atoms with Crippen molar-refractivity contribution in [2.75, 3.05) is 5.32 Å². The minimum absolute atomic E-state index is 0.115. The van der Waals surface area contributed by atoms with Gasteiger partial charge in [-0.3, -0.25) is 14.5 Å². The fourth-order valence-electron chi connectivity index (χ4n) is 2.07. The maximum atomic E-state index is 12.3. The zero-order valence-corrected chi connectivity index (χ0v) is 11.8. The Bertz CT molecular complexity index is 590. The van der Waals surface area contributed by atoms with Crippen molar-refractivity contribution >= 4 is 34.8 Å². The molecule has 3 N–H and O–H groups in total. The Morgan fingerprint density at radius 2 is 1.79 bits per heavy atom. The van der Waals surface area contributed by atoms with Gasteiger partial charge in [-0.1, -0.05) is 0 Å². The van der Waals surface area contributed by atoms with Gasteiger partial charge in [-0.25, -0.2) is 0 Å². The Balaban J connectivity index is 2.45. The van der Waals surface area contributed by atoms with Crippen molar-refractivity contribution in [2.24, 2.45) is 5.73 Å². The Hall–Kier alpha value is -1.95. The highest BCUT2D eigenvalue weighted by Crippen LogP contribution is 2.30. The third-order valence-electron chi connectivity index (χ3n) is 2.82.